The lowest BCUT2D eigenvalue weighted by Gasteiger charge is -2.36. The Bertz CT molecular complexity index is 1180. The summed E-state index contributed by atoms with van der Waals surface area (Å²) in [6.07, 6.45) is 0. The van der Waals surface area contributed by atoms with Gasteiger partial charge >= 0.3 is 0 Å². The Morgan fingerprint density at radius 3 is 2.60 bits per heavy atom. The fourth-order valence-corrected chi connectivity index (χ4v) is 6.41. The van der Waals surface area contributed by atoms with Crippen molar-refractivity contribution in [2.45, 2.75) is 19.3 Å². The number of nitrogens with one attached hydrogen (secondary N) is 1. The monoisotopic (exact) mass is 427 g/mol. The van der Waals surface area contributed by atoms with Crippen LogP contribution in [-0.2, 0) is 5.41 Å². The van der Waals surface area contributed by atoms with Gasteiger partial charge in [0.25, 0.3) is 0 Å². The van der Waals surface area contributed by atoms with Crippen LogP contribution in [0.1, 0.15) is 25.0 Å². The van der Waals surface area contributed by atoms with Crippen molar-refractivity contribution in [3.05, 3.63) is 69.2 Å². The van der Waals surface area contributed by atoms with Gasteiger partial charge in [-0.05, 0) is 41.5 Å². The van der Waals surface area contributed by atoms with Crippen LogP contribution < -0.4 is 5.32 Å². The average Bonchev–Trinajstić information content (AvgIpc) is 2.89. The maximum Gasteiger partial charge on any atom is 0.0452 e. The van der Waals surface area contributed by atoms with Crippen LogP contribution >= 0.6 is 38.9 Å². The standard InChI is InChI=1S/C21H15BrClNS/c1-21(2)14-9-13-12-5-3-4-6-18(12)25-19(13)10-16(14)24-17-8-11(23)7-15(22)20(17)21/h3-10,24H,1-2H3. The topological polar surface area (TPSA) is 12.0 Å². The first kappa shape index (κ1) is 15.7. The summed E-state index contributed by atoms with van der Waals surface area (Å²) >= 11 is 11.8. The third-order valence-electron chi connectivity index (χ3n) is 5.14. The predicted octanol–water partition coefficient (Wildman–Crippen LogP) is 7.85. The van der Waals surface area contributed by atoms with E-state index in [4.69, 9.17) is 11.6 Å². The maximum absolute atomic E-state index is 6.28. The second-order valence-electron chi connectivity index (χ2n) is 7.05. The molecule has 0 fully saturated rings. The first-order valence-electron chi connectivity index (χ1n) is 8.17. The van der Waals surface area contributed by atoms with Crippen LogP contribution in [0, 0.1) is 0 Å². The fraction of sp³-hybridized carbons (Fsp3) is 0.143. The summed E-state index contributed by atoms with van der Waals surface area (Å²) in [7, 11) is 0. The summed E-state index contributed by atoms with van der Waals surface area (Å²) in [4.78, 5) is 0. The minimum Gasteiger partial charge on any atom is -0.355 e. The van der Waals surface area contributed by atoms with Crippen LogP contribution in [0.3, 0.4) is 0 Å². The Labute approximate surface area is 163 Å². The number of fused-ring (bicyclic) bond motifs is 5. The van der Waals surface area contributed by atoms with Crippen LogP contribution in [0.25, 0.3) is 20.2 Å². The zero-order valence-electron chi connectivity index (χ0n) is 13.8. The van der Waals surface area contributed by atoms with Crippen molar-refractivity contribution in [3.63, 3.8) is 0 Å². The minimum atomic E-state index is -0.115. The zero-order chi connectivity index (χ0) is 17.3. The smallest absolute Gasteiger partial charge is 0.0452 e. The van der Waals surface area contributed by atoms with Crippen molar-refractivity contribution in [3.8, 4) is 0 Å². The van der Waals surface area contributed by atoms with Crippen LogP contribution in [0.2, 0.25) is 5.02 Å². The van der Waals surface area contributed by atoms with Crippen molar-refractivity contribution in [2.24, 2.45) is 0 Å². The second kappa shape index (κ2) is 5.23. The van der Waals surface area contributed by atoms with Gasteiger partial charge in [-0.1, -0.05) is 59.6 Å². The molecule has 0 aliphatic carbocycles. The second-order valence-corrected chi connectivity index (χ2v) is 9.43. The molecule has 0 radical (unpaired) electrons. The lowest BCUT2D eigenvalue weighted by Crippen LogP contribution is -2.26. The number of thiophene rings is 1. The molecule has 0 spiro atoms. The summed E-state index contributed by atoms with van der Waals surface area (Å²) in [5.74, 6) is 0. The number of halogens is 2. The molecule has 1 aliphatic rings. The van der Waals surface area contributed by atoms with Gasteiger partial charge in [0.2, 0.25) is 0 Å². The van der Waals surface area contributed by atoms with Crippen LogP contribution in [-0.4, -0.2) is 0 Å². The van der Waals surface area contributed by atoms with Gasteiger partial charge in [0.1, 0.15) is 0 Å². The molecule has 2 heterocycles. The molecule has 0 unspecified atom stereocenters. The lowest BCUT2D eigenvalue weighted by molar-refractivity contribution is 0.636. The molecule has 1 aliphatic heterocycles. The third kappa shape index (κ3) is 2.19. The number of benzene rings is 3. The molecule has 0 bridgehead atoms. The molecule has 124 valence electrons. The molecule has 0 atom stereocenters. The zero-order valence-corrected chi connectivity index (χ0v) is 16.9. The third-order valence-corrected chi connectivity index (χ3v) is 7.12. The Kier molecular flexibility index (Phi) is 3.28. The fourth-order valence-electron chi connectivity index (χ4n) is 3.98. The Hall–Kier alpha value is -1.55. The summed E-state index contributed by atoms with van der Waals surface area (Å²) in [6.45, 7) is 4.56. The Morgan fingerprint density at radius 1 is 0.960 bits per heavy atom. The molecular weight excluding hydrogens is 414 g/mol. The largest absolute Gasteiger partial charge is 0.355 e. The number of hydrogen-bond donors (Lipinski definition) is 1. The maximum atomic E-state index is 6.28. The van der Waals surface area contributed by atoms with Gasteiger partial charge in [-0.15, -0.1) is 11.3 Å². The van der Waals surface area contributed by atoms with Crippen molar-refractivity contribution >= 4 is 70.4 Å². The van der Waals surface area contributed by atoms with Gasteiger partial charge in [0, 0.05) is 46.5 Å². The van der Waals surface area contributed by atoms with E-state index in [1.54, 1.807) is 0 Å². The molecule has 25 heavy (non-hydrogen) atoms. The summed E-state index contributed by atoms with van der Waals surface area (Å²) in [5.41, 5.74) is 4.71. The van der Waals surface area contributed by atoms with Gasteiger partial charge < -0.3 is 5.32 Å². The SMILES string of the molecule is CC1(C)c2cc3c(cc2Nc2cc(Cl)cc(Br)c21)sc1ccccc13. The van der Waals surface area contributed by atoms with Gasteiger partial charge in [-0.25, -0.2) is 0 Å². The van der Waals surface area contributed by atoms with E-state index in [1.165, 1.54) is 37.0 Å². The van der Waals surface area contributed by atoms with Crippen molar-refractivity contribution < 1.29 is 0 Å². The van der Waals surface area contributed by atoms with Gasteiger partial charge in [0.05, 0.1) is 0 Å². The molecule has 4 aromatic rings. The molecule has 1 aromatic heterocycles. The molecule has 4 heteroatoms. The van der Waals surface area contributed by atoms with Crippen molar-refractivity contribution in [1.82, 2.24) is 0 Å². The van der Waals surface area contributed by atoms with E-state index in [1.807, 2.05) is 23.5 Å². The Balaban J connectivity index is 1.85. The highest BCUT2D eigenvalue weighted by Crippen LogP contribution is 2.51. The number of rotatable bonds is 0. The van der Waals surface area contributed by atoms with E-state index in [2.05, 4.69) is 71.5 Å². The van der Waals surface area contributed by atoms with E-state index in [-0.39, 0.29) is 5.41 Å². The molecule has 3 aromatic carbocycles. The normalized spacial score (nSPS) is 15.0. The number of anilines is 2. The quantitative estimate of drug-likeness (QED) is 0.300. The predicted molar refractivity (Wildman–Crippen MR) is 114 cm³/mol. The van der Waals surface area contributed by atoms with E-state index in [9.17, 15) is 0 Å². The summed E-state index contributed by atoms with van der Waals surface area (Å²) in [6, 6.07) is 17.3. The summed E-state index contributed by atoms with van der Waals surface area (Å²) in [5, 5.41) is 7.01. The molecule has 0 saturated heterocycles. The molecular formula is C21H15BrClNS. The molecule has 1 nitrogen and oxygen atoms in total. The summed E-state index contributed by atoms with van der Waals surface area (Å²) < 4.78 is 3.70. The highest BCUT2D eigenvalue weighted by atomic mass is 79.9. The van der Waals surface area contributed by atoms with E-state index in [0.29, 0.717) is 0 Å². The molecule has 0 saturated carbocycles. The Morgan fingerprint density at radius 2 is 1.76 bits per heavy atom. The highest BCUT2D eigenvalue weighted by Gasteiger charge is 2.35. The molecule has 1 N–H and O–H groups in total. The first-order chi connectivity index (χ1) is 11.9. The van der Waals surface area contributed by atoms with E-state index in [0.717, 1.165) is 15.2 Å². The molecule has 0 amide bonds. The van der Waals surface area contributed by atoms with Crippen LogP contribution in [0.5, 0.6) is 0 Å². The molecule has 5 rings (SSSR count). The van der Waals surface area contributed by atoms with Gasteiger partial charge in [-0.2, -0.15) is 0 Å². The first-order valence-corrected chi connectivity index (χ1v) is 10.2. The van der Waals surface area contributed by atoms with E-state index < -0.39 is 0 Å². The minimum absolute atomic E-state index is 0.115. The highest BCUT2D eigenvalue weighted by molar-refractivity contribution is 9.10. The number of hydrogen-bond acceptors (Lipinski definition) is 2. The van der Waals surface area contributed by atoms with Gasteiger partial charge in [-0.3, -0.25) is 0 Å². The van der Waals surface area contributed by atoms with E-state index >= 15 is 0 Å². The van der Waals surface area contributed by atoms with Crippen LogP contribution in [0.4, 0.5) is 11.4 Å². The van der Waals surface area contributed by atoms with Crippen LogP contribution in [0.15, 0.2) is 53.0 Å². The van der Waals surface area contributed by atoms with Gasteiger partial charge in [0.15, 0.2) is 0 Å². The van der Waals surface area contributed by atoms with Crippen molar-refractivity contribution in [1.29, 1.82) is 0 Å². The average molecular weight is 429 g/mol. The lowest BCUT2D eigenvalue weighted by atomic mass is 9.74. The van der Waals surface area contributed by atoms with Crippen molar-refractivity contribution in [2.75, 3.05) is 5.32 Å².